The summed E-state index contributed by atoms with van der Waals surface area (Å²) in [7, 11) is -2.48. The van der Waals surface area contributed by atoms with Crippen LogP contribution in [0, 0.1) is 0 Å². The Labute approximate surface area is 117 Å². The van der Waals surface area contributed by atoms with Gasteiger partial charge in [0.2, 0.25) is 15.7 Å². The van der Waals surface area contributed by atoms with Gasteiger partial charge in [-0.3, -0.25) is 4.79 Å². The summed E-state index contributed by atoms with van der Waals surface area (Å²) in [6, 6.07) is 2.62. The van der Waals surface area contributed by atoms with E-state index >= 15 is 0 Å². The van der Waals surface area contributed by atoms with E-state index in [1.807, 2.05) is 0 Å². The molecule has 20 heavy (non-hydrogen) atoms. The number of carbonyl (C=O) groups is 1. The van der Waals surface area contributed by atoms with Crippen LogP contribution in [0.2, 0.25) is 0 Å². The molecular formula is C12H18N2O5S. The number of amides is 1. The second kappa shape index (κ2) is 7.20. The normalized spacial score (nSPS) is 12.9. The van der Waals surface area contributed by atoms with Gasteiger partial charge < -0.3 is 15.2 Å². The Bertz CT molecular complexity index is 559. The second-order valence-corrected chi connectivity index (χ2v) is 6.34. The van der Waals surface area contributed by atoms with Crippen LogP contribution in [0.15, 0.2) is 23.4 Å². The molecule has 0 aliphatic carbocycles. The second-order valence-electron chi connectivity index (χ2n) is 4.15. The van der Waals surface area contributed by atoms with Crippen molar-refractivity contribution in [3.63, 3.8) is 0 Å². The van der Waals surface area contributed by atoms with E-state index in [9.17, 15) is 18.3 Å². The van der Waals surface area contributed by atoms with Crippen LogP contribution in [-0.2, 0) is 19.4 Å². The molecule has 8 heteroatoms. The van der Waals surface area contributed by atoms with E-state index in [-0.39, 0.29) is 0 Å². The van der Waals surface area contributed by atoms with Gasteiger partial charge in [0, 0.05) is 26.5 Å². The Morgan fingerprint density at radius 3 is 2.85 bits per heavy atom. The average molecular weight is 302 g/mol. The number of aromatic hydroxyl groups is 1. The summed E-state index contributed by atoms with van der Waals surface area (Å²) in [5.41, 5.74) is 0. The van der Waals surface area contributed by atoms with Gasteiger partial charge in [-0.2, -0.15) is 0 Å². The Balaban J connectivity index is 2.77. The van der Waals surface area contributed by atoms with E-state index in [1.165, 1.54) is 25.3 Å². The van der Waals surface area contributed by atoms with Crippen LogP contribution in [0.4, 0.5) is 0 Å². The molecule has 1 amide bonds. The molecule has 1 aromatic heterocycles. The molecule has 1 unspecified atom stereocenters. The number of nitrogens with zero attached hydrogens (tertiary/aromatic N) is 1. The van der Waals surface area contributed by atoms with Crippen LogP contribution in [-0.4, -0.2) is 49.9 Å². The van der Waals surface area contributed by atoms with Crippen LogP contribution in [0.3, 0.4) is 0 Å². The molecule has 0 aromatic carbocycles. The fraction of sp³-hybridized carbons (Fsp3) is 0.500. The summed E-state index contributed by atoms with van der Waals surface area (Å²) in [5.74, 6) is -1.10. The third-order valence-electron chi connectivity index (χ3n) is 2.68. The van der Waals surface area contributed by atoms with Crippen molar-refractivity contribution in [3.8, 4) is 5.75 Å². The molecule has 0 saturated carbocycles. The highest BCUT2D eigenvalue weighted by atomic mass is 32.2. The molecule has 7 nitrogen and oxygen atoms in total. The van der Waals surface area contributed by atoms with E-state index in [1.54, 1.807) is 7.11 Å². The average Bonchev–Trinajstić information content (AvgIpc) is 2.42. The van der Waals surface area contributed by atoms with Gasteiger partial charge in [-0.25, -0.2) is 13.4 Å². The van der Waals surface area contributed by atoms with Gasteiger partial charge in [0.05, 0.1) is 0 Å². The van der Waals surface area contributed by atoms with Gasteiger partial charge in [0.25, 0.3) is 0 Å². The molecular weight excluding hydrogens is 284 g/mol. The van der Waals surface area contributed by atoms with Crippen molar-refractivity contribution in [1.29, 1.82) is 0 Å². The Kier molecular flexibility index (Phi) is 5.90. The molecule has 0 aliphatic heterocycles. The van der Waals surface area contributed by atoms with Crippen LogP contribution in [0.25, 0.3) is 0 Å². The Morgan fingerprint density at radius 1 is 1.55 bits per heavy atom. The number of pyridine rings is 1. The lowest BCUT2D eigenvalue weighted by atomic mass is 10.4. The maximum Gasteiger partial charge on any atom is 0.238 e. The van der Waals surface area contributed by atoms with Crippen LogP contribution < -0.4 is 5.32 Å². The fourth-order valence-corrected chi connectivity index (χ4v) is 2.75. The highest BCUT2D eigenvalue weighted by Crippen LogP contribution is 2.22. The van der Waals surface area contributed by atoms with Gasteiger partial charge in [0.15, 0.2) is 10.8 Å². The SMILES string of the molecule is COCCCNC(=O)C(C)S(=O)(=O)c1ncccc1O. The molecule has 1 aromatic rings. The van der Waals surface area contributed by atoms with Gasteiger partial charge in [-0.1, -0.05) is 0 Å². The van der Waals surface area contributed by atoms with Crippen molar-refractivity contribution >= 4 is 15.7 Å². The lowest BCUT2D eigenvalue weighted by Crippen LogP contribution is -2.38. The van der Waals surface area contributed by atoms with Crippen LogP contribution >= 0.6 is 0 Å². The lowest BCUT2D eigenvalue weighted by molar-refractivity contribution is -0.120. The minimum absolute atomic E-state index is 0.320. The number of methoxy groups -OCH3 is 1. The summed E-state index contributed by atoms with van der Waals surface area (Å²) in [6.07, 6.45) is 1.83. The summed E-state index contributed by atoms with van der Waals surface area (Å²) in [6.45, 7) is 2.05. The topological polar surface area (TPSA) is 106 Å². The van der Waals surface area contributed by atoms with Crippen LogP contribution in [0.5, 0.6) is 5.75 Å². The first-order chi connectivity index (χ1) is 9.41. The molecule has 0 spiro atoms. The summed E-state index contributed by atoms with van der Waals surface area (Å²) < 4.78 is 29.2. The highest BCUT2D eigenvalue weighted by Gasteiger charge is 2.32. The standard InChI is InChI=1S/C12H18N2O5S/c1-9(11(16)13-7-4-8-19-2)20(17,18)12-10(15)5-3-6-14-12/h3,5-6,9,15H,4,7-8H2,1-2H3,(H,13,16). The minimum Gasteiger partial charge on any atom is -0.505 e. The number of hydrogen-bond acceptors (Lipinski definition) is 6. The minimum atomic E-state index is -4.02. The summed E-state index contributed by atoms with van der Waals surface area (Å²) in [4.78, 5) is 15.4. The maximum atomic E-state index is 12.2. The smallest absolute Gasteiger partial charge is 0.238 e. The number of carbonyl (C=O) groups excluding carboxylic acids is 1. The van der Waals surface area contributed by atoms with E-state index in [4.69, 9.17) is 4.74 Å². The zero-order valence-electron chi connectivity index (χ0n) is 11.4. The van der Waals surface area contributed by atoms with Crippen molar-refractivity contribution in [2.24, 2.45) is 0 Å². The van der Waals surface area contributed by atoms with Gasteiger partial charge in [-0.15, -0.1) is 0 Å². The first-order valence-corrected chi connectivity index (χ1v) is 7.60. The van der Waals surface area contributed by atoms with Gasteiger partial charge >= 0.3 is 0 Å². The number of aromatic nitrogens is 1. The fourth-order valence-electron chi connectivity index (χ4n) is 1.48. The lowest BCUT2D eigenvalue weighted by Gasteiger charge is -2.13. The molecule has 1 atom stereocenters. The molecule has 0 radical (unpaired) electrons. The number of ether oxygens (including phenoxy) is 1. The quantitative estimate of drug-likeness (QED) is 0.692. The molecule has 2 N–H and O–H groups in total. The number of rotatable bonds is 7. The van der Waals surface area contributed by atoms with Crippen molar-refractivity contribution in [3.05, 3.63) is 18.3 Å². The van der Waals surface area contributed by atoms with Crippen molar-refractivity contribution in [2.45, 2.75) is 23.6 Å². The van der Waals surface area contributed by atoms with Gasteiger partial charge in [-0.05, 0) is 25.5 Å². The predicted molar refractivity (Wildman–Crippen MR) is 72.1 cm³/mol. The summed E-state index contributed by atoms with van der Waals surface area (Å²) >= 11 is 0. The largest absolute Gasteiger partial charge is 0.505 e. The Hall–Kier alpha value is -1.67. The Morgan fingerprint density at radius 2 is 2.25 bits per heavy atom. The molecule has 112 valence electrons. The zero-order chi connectivity index (χ0) is 15.2. The van der Waals surface area contributed by atoms with Crippen molar-refractivity contribution in [2.75, 3.05) is 20.3 Å². The first-order valence-electron chi connectivity index (χ1n) is 6.05. The molecule has 1 heterocycles. The molecule has 0 aliphatic rings. The zero-order valence-corrected chi connectivity index (χ0v) is 12.2. The van der Waals surface area contributed by atoms with E-state index in [2.05, 4.69) is 10.3 Å². The van der Waals surface area contributed by atoms with E-state index in [0.29, 0.717) is 19.6 Å². The van der Waals surface area contributed by atoms with E-state index < -0.39 is 31.8 Å². The molecule has 1 rings (SSSR count). The third-order valence-corrected chi connectivity index (χ3v) is 4.68. The monoisotopic (exact) mass is 302 g/mol. The predicted octanol–water partition coefficient (Wildman–Crippen LogP) is 0.102. The number of hydrogen-bond donors (Lipinski definition) is 2. The van der Waals surface area contributed by atoms with E-state index in [0.717, 1.165) is 0 Å². The maximum absolute atomic E-state index is 12.2. The third kappa shape index (κ3) is 3.91. The number of sulfone groups is 1. The van der Waals surface area contributed by atoms with Crippen molar-refractivity contribution < 1.29 is 23.1 Å². The van der Waals surface area contributed by atoms with Gasteiger partial charge in [0.1, 0.15) is 5.25 Å². The van der Waals surface area contributed by atoms with Crippen LogP contribution in [0.1, 0.15) is 13.3 Å². The summed E-state index contributed by atoms with van der Waals surface area (Å²) in [5, 5.41) is 10.2. The first kappa shape index (κ1) is 16.4. The van der Waals surface area contributed by atoms with Crippen molar-refractivity contribution in [1.82, 2.24) is 10.3 Å². The molecule has 0 fully saturated rings. The molecule has 0 bridgehead atoms. The highest BCUT2D eigenvalue weighted by molar-refractivity contribution is 7.92. The molecule has 0 saturated heterocycles. The number of nitrogens with one attached hydrogen (secondary N) is 1.